The fraction of sp³-hybridized carbons (Fsp3) is 0.286. The van der Waals surface area contributed by atoms with Crippen molar-refractivity contribution in [1.82, 2.24) is 25.4 Å². The molecule has 8 nitrogen and oxygen atoms in total. The summed E-state index contributed by atoms with van der Waals surface area (Å²) in [7, 11) is 0. The van der Waals surface area contributed by atoms with Crippen molar-refractivity contribution in [3.05, 3.63) is 70.0 Å². The molecule has 0 spiro atoms. The van der Waals surface area contributed by atoms with E-state index in [1.807, 2.05) is 0 Å². The van der Waals surface area contributed by atoms with Gasteiger partial charge in [-0.3, -0.25) is 34.8 Å². The van der Waals surface area contributed by atoms with E-state index in [0.717, 1.165) is 25.1 Å². The lowest BCUT2D eigenvalue weighted by molar-refractivity contribution is 0.0844. The zero-order chi connectivity index (χ0) is 20.4. The summed E-state index contributed by atoms with van der Waals surface area (Å²) in [6.07, 6.45) is 4.17. The van der Waals surface area contributed by atoms with Crippen molar-refractivity contribution in [2.75, 3.05) is 0 Å². The van der Waals surface area contributed by atoms with E-state index in [2.05, 4.69) is 27.7 Å². The molecule has 1 unspecified atom stereocenters. The highest BCUT2D eigenvalue weighted by Crippen LogP contribution is 2.19. The van der Waals surface area contributed by atoms with E-state index in [0.29, 0.717) is 28.9 Å². The number of aryl methyl sites for hydroxylation is 1. The van der Waals surface area contributed by atoms with Gasteiger partial charge in [0.1, 0.15) is 11.5 Å². The van der Waals surface area contributed by atoms with Crippen LogP contribution in [0.5, 0.6) is 0 Å². The van der Waals surface area contributed by atoms with Gasteiger partial charge in [-0.25, -0.2) is 4.98 Å². The Labute approximate surface area is 167 Å². The van der Waals surface area contributed by atoms with Crippen LogP contribution in [0.3, 0.4) is 0 Å². The topological polar surface area (TPSA) is 106 Å². The number of nitrogens with one attached hydrogen (secondary N) is 2. The molecule has 0 fully saturated rings. The van der Waals surface area contributed by atoms with Gasteiger partial charge in [0.2, 0.25) is 0 Å². The first-order valence-electron chi connectivity index (χ1n) is 9.58. The summed E-state index contributed by atoms with van der Waals surface area (Å²) in [6, 6.07) is 9.67. The van der Waals surface area contributed by atoms with Crippen molar-refractivity contribution in [3.8, 4) is 0 Å². The minimum Gasteiger partial charge on any atom is -0.296 e. The van der Waals surface area contributed by atoms with Gasteiger partial charge in [0.25, 0.3) is 17.4 Å². The average Bonchev–Trinajstić information content (AvgIpc) is 2.94. The molecule has 1 aliphatic rings. The van der Waals surface area contributed by atoms with Gasteiger partial charge in [-0.05, 0) is 49.1 Å². The number of hydrogen-bond donors (Lipinski definition) is 2. The van der Waals surface area contributed by atoms with Gasteiger partial charge in [-0.15, -0.1) is 0 Å². The smallest absolute Gasteiger partial charge is 0.288 e. The molecule has 148 valence electrons. The molecule has 2 N–H and O–H groups in total. The number of fused-ring (bicyclic) bond motifs is 2. The first-order valence-corrected chi connectivity index (χ1v) is 9.58. The van der Waals surface area contributed by atoms with E-state index >= 15 is 0 Å². The SMILES string of the molecule is CC1CCc2nc3cc(C(=O)NNC(=O)c4ccccn4)ccc3c(=O)n2CC1. The Morgan fingerprint density at radius 1 is 1.10 bits per heavy atom. The summed E-state index contributed by atoms with van der Waals surface area (Å²) in [5.74, 6) is 0.285. The Morgan fingerprint density at radius 3 is 2.72 bits per heavy atom. The summed E-state index contributed by atoms with van der Waals surface area (Å²) in [6.45, 7) is 2.85. The maximum absolute atomic E-state index is 12.8. The Morgan fingerprint density at radius 2 is 1.93 bits per heavy atom. The van der Waals surface area contributed by atoms with Gasteiger partial charge >= 0.3 is 0 Å². The third kappa shape index (κ3) is 3.87. The Hall–Kier alpha value is -3.55. The summed E-state index contributed by atoms with van der Waals surface area (Å²) in [5, 5.41) is 0.484. The molecule has 8 heteroatoms. The van der Waals surface area contributed by atoms with Crippen LogP contribution in [-0.2, 0) is 13.0 Å². The molecule has 29 heavy (non-hydrogen) atoms. The number of amides is 2. The molecule has 1 atom stereocenters. The molecule has 3 heterocycles. The zero-order valence-corrected chi connectivity index (χ0v) is 16.0. The number of hydrogen-bond acceptors (Lipinski definition) is 5. The largest absolute Gasteiger partial charge is 0.296 e. The number of rotatable bonds is 2. The number of aromatic nitrogens is 3. The second-order valence-electron chi connectivity index (χ2n) is 7.27. The first-order chi connectivity index (χ1) is 14.0. The van der Waals surface area contributed by atoms with Crippen molar-refractivity contribution in [3.63, 3.8) is 0 Å². The Balaban J connectivity index is 1.56. The molecule has 4 rings (SSSR count). The van der Waals surface area contributed by atoms with Gasteiger partial charge in [0.15, 0.2) is 0 Å². The highest BCUT2D eigenvalue weighted by atomic mass is 16.2. The van der Waals surface area contributed by atoms with Crippen molar-refractivity contribution in [1.29, 1.82) is 0 Å². The van der Waals surface area contributed by atoms with Crippen LogP contribution in [0.1, 0.15) is 46.4 Å². The average molecular weight is 391 g/mol. The molecule has 2 aromatic heterocycles. The molecule has 0 bridgehead atoms. The third-order valence-corrected chi connectivity index (χ3v) is 5.19. The normalized spacial score (nSPS) is 16.0. The lowest BCUT2D eigenvalue weighted by Crippen LogP contribution is -2.41. The van der Waals surface area contributed by atoms with E-state index in [1.54, 1.807) is 41.0 Å². The van der Waals surface area contributed by atoms with Crippen LogP contribution < -0.4 is 16.4 Å². The van der Waals surface area contributed by atoms with Gasteiger partial charge < -0.3 is 0 Å². The molecule has 2 amide bonds. The standard InChI is InChI=1S/C21H21N5O3/c1-13-5-8-18-23-17-12-14(6-7-15(17)21(29)26(18)11-9-13)19(27)24-25-20(28)16-4-2-3-10-22-16/h2-4,6-7,10,12-13H,5,8-9,11H2,1H3,(H,24,27)(H,25,28). The lowest BCUT2D eigenvalue weighted by atomic mass is 10.0. The highest BCUT2D eigenvalue weighted by molar-refractivity contribution is 6.00. The molecule has 3 aromatic rings. The second kappa shape index (κ2) is 7.83. The van der Waals surface area contributed by atoms with Crippen molar-refractivity contribution >= 4 is 22.7 Å². The number of hydrazine groups is 1. The quantitative estimate of drug-likeness (QED) is 0.649. The van der Waals surface area contributed by atoms with Crippen molar-refractivity contribution < 1.29 is 9.59 Å². The van der Waals surface area contributed by atoms with Crippen LogP contribution in [0.4, 0.5) is 0 Å². The fourth-order valence-electron chi connectivity index (χ4n) is 3.45. The number of carbonyl (C=O) groups excluding carboxylic acids is 2. The van der Waals surface area contributed by atoms with E-state index in [1.165, 1.54) is 6.20 Å². The van der Waals surface area contributed by atoms with Gasteiger partial charge in [-0.1, -0.05) is 13.0 Å². The Bertz CT molecular complexity index is 1140. The second-order valence-corrected chi connectivity index (χ2v) is 7.27. The summed E-state index contributed by atoms with van der Waals surface area (Å²) in [5.41, 5.74) is 5.60. The molecular formula is C21H21N5O3. The van der Waals surface area contributed by atoms with Crippen molar-refractivity contribution in [2.24, 2.45) is 5.92 Å². The Kier molecular flexibility index (Phi) is 5.07. The fourth-order valence-corrected chi connectivity index (χ4v) is 3.45. The third-order valence-electron chi connectivity index (χ3n) is 5.19. The highest BCUT2D eigenvalue weighted by Gasteiger charge is 2.18. The molecule has 0 saturated carbocycles. The van der Waals surface area contributed by atoms with Crippen LogP contribution >= 0.6 is 0 Å². The number of carbonyl (C=O) groups is 2. The molecular weight excluding hydrogens is 370 g/mol. The van der Waals surface area contributed by atoms with E-state index in [4.69, 9.17) is 0 Å². The predicted molar refractivity (Wildman–Crippen MR) is 107 cm³/mol. The van der Waals surface area contributed by atoms with Gasteiger partial charge in [-0.2, -0.15) is 0 Å². The van der Waals surface area contributed by atoms with Crippen LogP contribution in [0.2, 0.25) is 0 Å². The molecule has 1 aliphatic heterocycles. The van der Waals surface area contributed by atoms with Crippen LogP contribution in [0.15, 0.2) is 47.4 Å². The van der Waals surface area contributed by atoms with E-state index in [9.17, 15) is 14.4 Å². The van der Waals surface area contributed by atoms with Gasteiger partial charge in [0.05, 0.1) is 10.9 Å². The van der Waals surface area contributed by atoms with Gasteiger partial charge in [0, 0.05) is 24.7 Å². The number of benzene rings is 1. The molecule has 0 aliphatic carbocycles. The number of nitrogens with zero attached hydrogens (tertiary/aromatic N) is 3. The zero-order valence-electron chi connectivity index (χ0n) is 16.0. The minimum absolute atomic E-state index is 0.0745. The molecule has 0 radical (unpaired) electrons. The first kappa shape index (κ1) is 18.8. The maximum atomic E-state index is 12.8. The van der Waals surface area contributed by atoms with Crippen LogP contribution in [-0.4, -0.2) is 26.3 Å². The summed E-state index contributed by atoms with van der Waals surface area (Å²) in [4.78, 5) is 45.9. The van der Waals surface area contributed by atoms with Crippen LogP contribution in [0, 0.1) is 5.92 Å². The molecule has 1 aromatic carbocycles. The predicted octanol–water partition coefficient (Wildman–Crippen LogP) is 1.84. The summed E-state index contributed by atoms with van der Waals surface area (Å²) >= 11 is 0. The monoisotopic (exact) mass is 391 g/mol. The van der Waals surface area contributed by atoms with E-state index in [-0.39, 0.29) is 11.3 Å². The van der Waals surface area contributed by atoms with Crippen LogP contribution in [0.25, 0.3) is 10.9 Å². The lowest BCUT2D eigenvalue weighted by Gasteiger charge is -2.11. The number of pyridine rings is 1. The minimum atomic E-state index is -0.518. The van der Waals surface area contributed by atoms with E-state index < -0.39 is 11.8 Å². The van der Waals surface area contributed by atoms with Crippen molar-refractivity contribution in [2.45, 2.75) is 32.7 Å². The molecule has 0 saturated heterocycles. The maximum Gasteiger partial charge on any atom is 0.288 e. The summed E-state index contributed by atoms with van der Waals surface area (Å²) < 4.78 is 1.75.